The lowest BCUT2D eigenvalue weighted by molar-refractivity contribution is -0.0740. The first kappa shape index (κ1) is 20.1. The SMILES string of the molecule is CC(CN1CC(C)OC(C)C1)Oc1cccc(OCC2(C)CC2(Cl)Cl)c1. The third-order valence-corrected chi connectivity index (χ3v) is 6.26. The lowest BCUT2D eigenvalue weighted by Crippen LogP contribution is -2.48. The molecule has 4 nitrogen and oxygen atoms in total. The molecule has 0 amide bonds. The molecule has 6 heteroatoms. The van der Waals surface area contributed by atoms with Crippen LogP contribution in [0.25, 0.3) is 0 Å². The Morgan fingerprint density at radius 3 is 2.46 bits per heavy atom. The normalized spacial score (nSPS) is 32.1. The van der Waals surface area contributed by atoms with Gasteiger partial charge in [-0.1, -0.05) is 13.0 Å². The molecule has 0 radical (unpaired) electrons. The molecule has 1 heterocycles. The van der Waals surface area contributed by atoms with Crippen molar-refractivity contribution < 1.29 is 14.2 Å². The number of halogens is 2. The fraction of sp³-hybridized carbons (Fsp3) is 0.700. The third-order valence-electron chi connectivity index (χ3n) is 5.08. The number of ether oxygens (including phenoxy) is 3. The number of nitrogens with zero attached hydrogens (tertiary/aromatic N) is 1. The smallest absolute Gasteiger partial charge is 0.127 e. The van der Waals surface area contributed by atoms with E-state index in [1.807, 2.05) is 31.2 Å². The first-order chi connectivity index (χ1) is 12.2. The highest BCUT2D eigenvalue weighted by Crippen LogP contribution is 2.63. The number of hydrogen-bond donors (Lipinski definition) is 0. The Morgan fingerprint density at radius 2 is 1.85 bits per heavy atom. The predicted octanol–water partition coefficient (Wildman–Crippen LogP) is 4.53. The molecule has 4 atom stereocenters. The van der Waals surface area contributed by atoms with Crippen molar-refractivity contribution in [1.29, 1.82) is 0 Å². The van der Waals surface area contributed by atoms with E-state index < -0.39 is 4.33 Å². The number of hydrogen-bond acceptors (Lipinski definition) is 4. The maximum absolute atomic E-state index is 6.18. The fourth-order valence-corrected chi connectivity index (χ4v) is 4.25. The molecule has 0 bridgehead atoms. The van der Waals surface area contributed by atoms with Crippen LogP contribution in [0.15, 0.2) is 24.3 Å². The second-order valence-corrected chi connectivity index (χ2v) is 9.59. The van der Waals surface area contributed by atoms with Crippen LogP contribution in [0.2, 0.25) is 0 Å². The Hall–Kier alpha value is -0.680. The molecule has 3 rings (SSSR count). The summed E-state index contributed by atoms with van der Waals surface area (Å²) in [4.78, 5) is 2.40. The van der Waals surface area contributed by atoms with E-state index in [1.54, 1.807) is 0 Å². The van der Waals surface area contributed by atoms with Crippen LogP contribution < -0.4 is 9.47 Å². The lowest BCUT2D eigenvalue weighted by atomic mass is 10.2. The molecule has 0 N–H and O–H groups in total. The van der Waals surface area contributed by atoms with Gasteiger partial charge in [-0.15, -0.1) is 23.2 Å². The van der Waals surface area contributed by atoms with Crippen LogP contribution in [-0.2, 0) is 4.74 Å². The van der Waals surface area contributed by atoms with E-state index in [1.165, 1.54) is 0 Å². The quantitative estimate of drug-likeness (QED) is 0.628. The van der Waals surface area contributed by atoms with E-state index in [0.29, 0.717) is 6.61 Å². The first-order valence-corrected chi connectivity index (χ1v) is 10.1. The summed E-state index contributed by atoms with van der Waals surface area (Å²) >= 11 is 12.4. The fourth-order valence-electron chi connectivity index (χ4n) is 3.55. The highest BCUT2D eigenvalue weighted by atomic mass is 35.5. The van der Waals surface area contributed by atoms with Gasteiger partial charge in [0.1, 0.15) is 21.9 Å². The average molecular weight is 402 g/mol. The molecule has 2 fully saturated rings. The minimum atomic E-state index is -0.665. The molecule has 0 aromatic heterocycles. The van der Waals surface area contributed by atoms with Crippen molar-refractivity contribution in [2.24, 2.45) is 5.41 Å². The van der Waals surface area contributed by atoms with Gasteiger partial charge < -0.3 is 14.2 Å². The average Bonchev–Trinajstić information content (AvgIpc) is 3.03. The highest BCUT2D eigenvalue weighted by molar-refractivity contribution is 6.51. The van der Waals surface area contributed by atoms with Crippen molar-refractivity contribution in [1.82, 2.24) is 4.90 Å². The molecule has 1 aromatic rings. The van der Waals surface area contributed by atoms with Gasteiger partial charge in [0.2, 0.25) is 0 Å². The zero-order valence-electron chi connectivity index (χ0n) is 16.0. The molecule has 1 aliphatic carbocycles. The minimum Gasteiger partial charge on any atom is -0.493 e. The summed E-state index contributed by atoms with van der Waals surface area (Å²) in [5.74, 6) is 1.59. The molecular weight excluding hydrogens is 373 g/mol. The van der Waals surface area contributed by atoms with Gasteiger partial charge in [-0.05, 0) is 39.3 Å². The topological polar surface area (TPSA) is 30.9 Å². The van der Waals surface area contributed by atoms with Crippen LogP contribution in [0.3, 0.4) is 0 Å². The molecule has 0 spiro atoms. The van der Waals surface area contributed by atoms with Crippen LogP contribution in [0.4, 0.5) is 0 Å². The Bertz CT molecular complexity index is 617. The molecule has 2 aliphatic rings. The molecule has 146 valence electrons. The Morgan fingerprint density at radius 1 is 1.23 bits per heavy atom. The summed E-state index contributed by atoms with van der Waals surface area (Å²) in [6.45, 7) is 11.6. The van der Waals surface area contributed by atoms with Crippen molar-refractivity contribution in [3.05, 3.63) is 24.3 Å². The zero-order valence-corrected chi connectivity index (χ0v) is 17.5. The maximum atomic E-state index is 6.18. The molecule has 4 unspecified atom stereocenters. The van der Waals surface area contributed by atoms with Crippen molar-refractivity contribution in [3.8, 4) is 11.5 Å². The van der Waals surface area contributed by atoms with E-state index in [-0.39, 0.29) is 23.7 Å². The summed E-state index contributed by atoms with van der Waals surface area (Å²) in [6.07, 6.45) is 1.37. The highest BCUT2D eigenvalue weighted by Gasteiger charge is 2.63. The molecule has 1 saturated carbocycles. The van der Waals surface area contributed by atoms with Gasteiger partial charge in [0.25, 0.3) is 0 Å². The maximum Gasteiger partial charge on any atom is 0.127 e. The van der Waals surface area contributed by atoms with Gasteiger partial charge in [0, 0.05) is 31.1 Å². The molecule has 1 saturated heterocycles. The minimum absolute atomic E-state index is 0.0852. The Kier molecular flexibility index (Phi) is 5.98. The Labute approximate surface area is 166 Å². The van der Waals surface area contributed by atoms with E-state index in [4.69, 9.17) is 37.4 Å². The molecule has 26 heavy (non-hydrogen) atoms. The summed E-state index contributed by atoms with van der Waals surface area (Å²) < 4.78 is 17.1. The molecular formula is C20H29Cl2NO3. The van der Waals surface area contributed by atoms with Gasteiger partial charge in [-0.3, -0.25) is 4.90 Å². The second kappa shape index (κ2) is 7.75. The summed E-state index contributed by atoms with van der Waals surface area (Å²) in [5.41, 5.74) is -0.177. The van der Waals surface area contributed by atoms with Crippen molar-refractivity contribution in [2.75, 3.05) is 26.2 Å². The molecule has 1 aromatic carbocycles. The summed E-state index contributed by atoms with van der Waals surface area (Å²) in [6, 6.07) is 7.76. The lowest BCUT2D eigenvalue weighted by Gasteiger charge is -2.36. The van der Waals surface area contributed by atoms with Crippen molar-refractivity contribution in [3.63, 3.8) is 0 Å². The van der Waals surface area contributed by atoms with Crippen molar-refractivity contribution in [2.45, 2.75) is 56.8 Å². The van der Waals surface area contributed by atoms with E-state index >= 15 is 0 Å². The number of morpholine rings is 1. The van der Waals surface area contributed by atoms with Gasteiger partial charge in [-0.25, -0.2) is 0 Å². The third kappa shape index (κ3) is 4.98. The summed E-state index contributed by atoms with van der Waals surface area (Å²) in [7, 11) is 0. The Balaban J connectivity index is 1.50. The number of rotatable bonds is 7. The standard InChI is InChI=1S/C20H29Cl2NO3/c1-14-9-23(10-15(2)25-14)11-16(3)26-18-7-5-6-17(8-18)24-13-19(4)12-20(19,21)22/h5-8,14-16H,9-13H2,1-4H3. The van der Waals surface area contributed by atoms with Crippen LogP contribution in [0, 0.1) is 5.41 Å². The first-order valence-electron chi connectivity index (χ1n) is 9.32. The second-order valence-electron chi connectivity index (χ2n) is 8.11. The van der Waals surface area contributed by atoms with Crippen LogP contribution >= 0.6 is 23.2 Å². The van der Waals surface area contributed by atoms with Crippen LogP contribution in [0.1, 0.15) is 34.1 Å². The monoisotopic (exact) mass is 401 g/mol. The summed E-state index contributed by atoms with van der Waals surface area (Å²) in [5, 5.41) is 0. The van der Waals surface area contributed by atoms with E-state index in [2.05, 4.69) is 25.7 Å². The number of alkyl halides is 2. The molecule has 1 aliphatic heterocycles. The van der Waals surface area contributed by atoms with Gasteiger partial charge in [0.15, 0.2) is 0 Å². The van der Waals surface area contributed by atoms with E-state index in [0.717, 1.165) is 37.6 Å². The van der Waals surface area contributed by atoms with Crippen molar-refractivity contribution >= 4 is 23.2 Å². The van der Waals surface area contributed by atoms with Crippen LogP contribution in [0.5, 0.6) is 11.5 Å². The zero-order chi connectivity index (χ0) is 18.9. The largest absolute Gasteiger partial charge is 0.493 e. The predicted molar refractivity (Wildman–Crippen MR) is 106 cm³/mol. The van der Waals surface area contributed by atoms with E-state index in [9.17, 15) is 0 Å². The van der Waals surface area contributed by atoms with Gasteiger partial charge >= 0.3 is 0 Å². The van der Waals surface area contributed by atoms with Gasteiger partial charge in [-0.2, -0.15) is 0 Å². The number of benzene rings is 1. The van der Waals surface area contributed by atoms with Crippen LogP contribution in [-0.4, -0.2) is 53.8 Å². The van der Waals surface area contributed by atoms with Gasteiger partial charge in [0.05, 0.1) is 18.8 Å².